The van der Waals surface area contributed by atoms with Crippen molar-refractivity contribution in [1.29, 1.82) is 0 Å². The molecule has 1 fully saturated rings. The Morgan fingerprint density at radius 3 is 2.50 bits per heavy atom. The van der Waals surface area contributed by atoms with Crippen LogP contribution < -0.4 is 5.73 Å². The van der Waals surface area contributed by atoms with Gasteiger partial charge in [-0.25, -0.2) is 0 Å². The Morgan fingerprint density at radius 2 is 1.83 bits per heavy atom. The van der Waals surface area contributed by atoms with Crippen LogP contribution in [0.4, 0.5) is 0 Å². The van der Waals surface area contributed by atoms with Gasteiger partial charge in [0.25, 0.3) is 0 Å². The van der Waals surface area contributed by atoms with Crippen molar-refractivity contribution in [3.63, 3.8) is 0 Å². The first-order valence-electron chi connectivity index (χ1n) is 7.08. The molecule has 0 bridgehead atoms. The van der Waals surface area contributed by atoms with Crippen molar-refractivity contribution in [2.75, 3.05) is 7.05 Å². The normalized spacial score (nSPS) is 24.5. The molecule has 0 unspecified atom stereocenters. The lowest BCUT2D eigenvalue weighted by Crippen LogP contribution is -2.38. The van der Waals surface area contributed by atoms with Crippen LogP contribution in [-0.4, -0.2) is 24.0 Å². The molecule has 2 heteroatoms. The average molecular weight is 246 g/mol. The summed E-state index contributed by atoms with van der Waals surface area (Å²) in [6.45, 7) is 5.44. The largest absolute Gasteiger partial charge is 0.328 e. The molecule has 1 aliphatic rings. The third-order valence-corrected chi connectivity index (χ3v) is 4.29. The van der Waals surface area contributed by atoms with Gasteiger partial charge in [0.05, 0.1) is 0 Å². The van der Waals surface area contributed by atoms with Gasteiger partial charge >= 0.3 is 0 Å². The molecule has 1 saturated carbocycles. The van der Waals surface area contributed by atoms with Crippen LogP contribution in [0.1, 0.15) is 42.4 Å². The van der Waals surface area contributed by atoms with E-state index in [9.17, 15) is 0 Å². The molecule has 0 heterocycles. The van der Waals surface area contributed by atoms with E-state index in [0.29, 0.717) is 12.1 Å². The highest BCUT2D eigenvalue weighted by Crippen LogP contribution is 2.23. The van der Waals surface area contributed by atoms with Crippen molar-refractivity contribution in [3.05, 3.63) is 34.9 Å². The second kappa shape index (κ2) is 5.85. The number of aryl methyl sites for hydroxylation is 2. The molecule has 2 rings (SSSR count). The monoisotopic (exact) mass is 246 g/mol. The lowest BCUT2D eigenvalue weighted by atomic mass is 9.90. The highest BCUT2D eigenvalue weighted by molar-refractivity contribution is 5.30. The number of nitrogens with zero attached hydrogens (tertiary/aromatic N) is 1. The third-order valence-electron chi connectivity index (χ3n) is 4.29. The Hall–Kier alpha value is -0.860. The second-order valence-electron chi connectivity index (χ2n) is 5.91. The zero-order chi connectivity index (χ0) is 13.1. The van der Waals surface area contributed by atoms with Gasteiger partial charge in [-0.05, 0) is 57.7 Å². The zero-order valence-electron chi connectivity index (χ0n) is 11.9. The van der Waals surface area contributed by atoms with E-state index in [1.54, 1.807) is 0 Å². The van der Waals surface area contributed by atoms with Crippen molar-refractivity contribution in [1.82, 2.24) is 4.90 Å². The molecule has 0 aromatic heterocycles. The number of rotatable bonds is 3. The van der Waals surface area contributed by atoms with Crippen molar-refractivity contribution >= 4 is 0 Å². The molecule has 0 radical (unpaired) electrons. The summed E-state index contributed by atoms with van der Waals surface area (Å²) in [6.07, 6.45) is 4.87. The van der Waals surface area contributed by atoms with Crippen LogP contribution in [0.15, 0.2) is 18.2 Å². The van der Waals surface area contributed by atoms with Gasteiger partial charge in [-0.2, -0.15) is 0 Å². The standard InChI is InChI=1S/C16H26N2/c1-12-4-5-13(2)14(10-12)11-18(3)16-8-6-15(17)7-9-16/h4-5,10,15-16H,6-9,11,17H2,1-3H3. The molecule has 1 aliphatic carbocycles. The van der Waals surface area contributed by atoms with E-state index in [1.165, 1.54) is 42.4 Å². The van der Waals surface area contributed by atoms with E-state index in [-0.39, 0.29) is 0 Å². The molecule has 100 valence electrons. The summed E-state index contributed by atoms with van der Waals surface area (Å²) in [5.41, 5.74) is 10.2. The maximum Gasteiger partial charge on any atom is 0.0236 e. The Labute approximate surface area is 111 Å². The van der Waals surface area contributed by atoms with Crippen LogP contribution in [0.25, 0.3) is 0 Å². The zero-order valence-corrected chi connectivity index (χ0v) is 11.9. The molecule has 2 nitrogen and oxygen atoms in total. The summed E-state index contributed by atoms with van der Waals surface area (Å²) in [5, 5.41) is 0. The summed E-state index contributed by atoms with van der Waals surface area (Å²) in [6, 6.07) is 7.90. The quantitative estimate of drug-likeness (QED) is 0.888. The van der Waals surface area contributed by atoms with Crippen LogP contribution in [0, 0.1) is 13.8 Å². The van der Waals surface area contributed by atoms with Crippen molar-refractivity contribution in [2.45, 2.75) is 58.2 Å². The molecule has 0 saturated heterocycles. The molecule has 0 spiro atoms. The van der Waals surface area contributed by atoms with Crippen LogP contribution in [0.2, 0.25) is 0 Å². The molecule has 0 amide bonds. The smallest absolute Gasteiger partial charge is 0.0236 e. The van der Waals surface area contributed by atoms with Crippen molar-refractivity contribution in [3.8, 4) is 0 Å². The molecule has 0 aliphatic heterocycles. The summed E-state index contributed by atoms with van der Waals surface area (Å²) in [5.74, 6) is 0. The van der Waals surface area contributed by atoms with Gasteiger partial charge in [-0.1, -0.05) is 23.8 Å². The lowest BCUT2D eigenvalue weighted by molar-refractivity contribution is 0.176. The Kier molecular flexibility index (Phi) is 4.41. The summed E-state index contributed by atoms with van der Waals surface area (Å²) >= 11 is 0. The second-order valence-corrected chi connectivity index (χ2v) is 5.91. The number of nitrogens with two attached hydrogens (primary N) is 1. The minimum atomic E-state index is 0.440. The molecule has 1 aromatic carbocycles. The number of hydrogen-bond acceptors (Lipinski definition) is 2. The van der Waals surface area contributed by atoms with Gasteiger partial charge in [0.15, 0.2) is 0 Å². The maximum absolute atomic E-state index is 5.98. The average Bonchev–Trinajstić information content (AvgIpc) is 2.34. The van der Waals surface area contributed by atoms with Gasteiger partial charge in [0, 0.05) is 18.6 Å². The third kappa shape index (κ3) is 3.33. The molecule has 2 N–H and O–H groups in total. The SMILES string of the molecule is Cc1ccc(C)c(CN(C)C2CCC(N)CC2)c1. The van der Waals surface area contributed by atoms with Crippen molar-refractivity contribution < 1.29 is 0 Å². The van der Waals surface area contributed by atoms with E-state index in [2.05, 4.69) is 44.0 Å². The molecule has 18 heavy (non-hydrogen) atoms. The summed E-state index contributed by atoms with van der Waals surface area (Å²) < 4.78 is 0. The lowest BCUT2D eigenvalue weighted by Gasteiger charge is -2.33. The minimum absolute atomic E-state index is 0.440. The first-order valence-corrected chi connectivity index (χ1v) is 7.08. The van der Waals surface area contributed by atoms with Gasteiger partial charge in [0.1, 0.15) is 0 Å². The van der Waals surface area contributed by atoms with E-state index >= 15 is 0 Å². The van der Waals surface area contributed by atoms with E-state index in [0.717, 1.165) is 6.54 Å². The minimum Gasteiger partial charge on any atom is -0.328 e. The topological polar surface area (TPSA) is 29.3 Å². The number of hydrogen-bond donors (Lipinski definition) is 1. The Balaban J connectivity index is 1.98. The fourth-order valence-electron chi connectivity index (χ4n) is 2.91. The van der Waals surface area contributed by atoms with Crippen molar-refractivity contribution in [2.24, 2.45) is 5.73 Å². The van der Waals surface area contributed by atoms with Crippen LogP contribution in [-0.2, 0) is 6.54 Å². The van der Waals surface area contributed by atoms with E-state index < -0.39 is 0 Å². The highest BCUT2D eigenvalue weighted by Gasteiger charge is 2.22. The fourth-order valence-corrected chi connectivity index (χ4v) is 2.91. The number of benzene rings is 1. The van der Waals surface area contributed by atoms with Crippen LogP contribution in [0.5, 0.6) is 0 Å². The Morgan fingerprint density at radius 1 is 1.17 bits per heavy atom. The molecule has 0 atom stereocenters. The van der Waals surface area contributed by atoms with Gasteiger partial charge in [-0.15, -0.1) is 0 Å². The van der Waals surface area contributed by atoms with E-state index in [1.807, 2.05) is 0 Å². The first kappa shape index (κ1) is 13.6. The molecular weight excluding hydrogens is 220 g/mol. The predicted octanol–water partition coefficient (Wildman–Crippen LogP) is 3.01. The molecular formula is C16H26N2. The molecule has 1 aromatic rings. The van der Waals surface area contributed by atoms with Gasteiger partial charge in [-0.3, -0.25) is 4.90 Å². The predicted molar refractivity (Wildman–Crippen MR) is 77.6 cm³/mol. The highest BCUT2D eigenvalue weighted by atomic mass is 15.1. The van der Waals surface area contributed by atoms with Gasteiger partial charge in [0.2, 0.25) is 0 Å². The summed E-state index contributed by atoms with van der Waals surface area (Å²) in [7, 11) is 2.25. The Bertz CT molecular complexity index is 392. The fraction of sp³-hybridized carbons (Fsp3) is 0.625. The van der Waals surface area contributed by atoms with Crippen LogP contribution >= 0.6 is 0 Å². The summed E-state index contributed by atoms with van der Waals surface area (Å²) in [4.78, 5) is 2.51. The van der Waals surface area contributed by atoms with Crippen LogP contribution in [0.3, 0.4) is 0 Å². The van der Waals surface area contributed by atoms with E-state index in [4.69, 9.17) is 5.73 Å². The maximum atomic E-state index is 5.98. The first-order chi connectivity index (χ1) is 8.56. The van der Waals surface area contributed by atoms with Gasteiger partial charge < -0.3 is 5.73 Å².